The third-order valence-corrected chi connectivity index (χ3v) is 8.82. The van der Waals surface area contributed by atoms with E-state index in [1.807, 2.05) is 17.9 Å². The fourth-order valence-electron chi connectivity index (χ4n) is 6.19. The van der Waals surface area contributed by atoms with Gasteiger partial charge in [-0.2, -0.15) is 13.2 Å². The van der Waals surface area contributed by atoms with Crippen LogP contribution in [0.5, 0.6) is 5.75 Å². The van der Waals surface area contributed by atoms with E-state index in [1.54, 1.807) is 11.5 Å². The van der Waals surface area contributed by atoms with E-state index in [9.17, 15) is 32.7 Å². The Morgan fingerprint density at radius 1 is 1.10 bits per heavy atom. The van der Waals surface area contributed by atoms with E-state index in [2.05, 4.69) is 25.3 Å². The van der Waals surface area contributed by atoms with Gasteiger partial charge in [-0.3, -0.25) is 14.4 Å². The van der Waals surface area contributed by atoms with Gasteiger partial charge < -0.3 is 29.5 Å². The lowest BCUT2D eigenvalue weighted by Crippen LogP contribution is -2.50. The molecule has 2 aliphatic heterocycles. The number of hydrogen-bond donors (Lipinski definition) is 2. The standard InChI is InChI=1S/C34H35F3N8O5/c1-4-25-29(43-8-10-44(11-9-43)33(49)28-30(47)20(3)39-18-40-28)31(48)27-32(38-15-23(41-27)14-21-7-12-50-17-21)45(25)16-26(46)42-24-6-5-22(13-19(24)2)34(35,36)37/h5-6,13-15,18,47H,4,7-12,16-17H2,1-3H3,(H,42,46)/b21-14-. The molecule has 50 heavy (non-hydrogen) atoms. The van der Waals surface area contributed by atoms with Gasteiger partial charge in [0, 0.05) is 37.6 Å². The maximum atomic E-state index is 14.3. The zero-order valence-corrected chi connectivity index (χ0v) is 27.7. The molecule has 2 N–H and O–H groups in total. The van der Waals surface area contributed by atoms with Crippen LogP contribution in [0.4, 0.5) is 24.5 Å². The van der Waals surface area contributed by atoms with Crippen LogP contribution in [-0.2, 0) is 28.7 Å². The summed E-state index contributed by atoms with van der Waals surface area (Å²) in [6, 6.07) is 3.08. The molecule has 0 radical (unpaired) electrons. The lowest BCUT2D eigenvalue weighted by Gasteiger charge is -2.37. The summed E-state index contributed by atoms with van der Waals surface area (Å²) in [4.78, 5) is 61.5. The summed E-state index contributed by atoms with van der Waals surface area (Å²) in [5.74, 6) is -1.29. The van der Waals surface area contributed by atoms with E-state index < -0.39 is 23.6 Å². The second-order valence-electron chi connectivity index (χ2n) is 12.1. The smallest absolute Gasteiger partial charge is 0.416 e. The van der Waals surface area contributed by atoms with Gasteiger partial charge in [0.15, 0.2) is 22.6 Å². The molecule has 1 aromatic carbocycles. The first-order chi connectivity index (χ1) is 23.8. The fraction of sp³-hybridized carbons (Fsp3) is 0.382. The molecule has 6 rings (SSSR count). The number of nitrogens with one attached hydrogen (secondary N) is 1. The van der Waals surface area contributed by atoms with Gasteiger partial charge in [0.2, 0.25) is 11.3 Å². The van der Waals surface area contributed by atoms with Gasteiger partial charge >= 0.3 is 6.18 Å². The highest BCUT2D eigenvalue weighted by Crippen LogP contribution is 2.32. The Bertz CT molecular complexity index is 2060. The van der Waals surface area contributed by atoms with Crippen molar-refractivity contribution in [2.24, 2.45) is 0 Å². The van der Waals surface area contributed by atoms with E-state index in [0.29, 0.717) is 36.7 Å². The Morgan fingerprint density at radius 3 is 2.52 bits per heavy atom. The fourth-order valence-corrected chi connectivity index (χ4v) is 6.19. The number of nitrogens with zero attached hydrogens (tertiary/aromatic N) is 7. The van der Waals surface area contributed by atoms with Gasteiger partial charge in [-0.1, -0.05) is 6.92 Å². The van der Waals surface area contributed by atoms with Crippen molar-refractivity contribution in [1.82, 2.24) is 29.4 Å². The summed E-state index contributed by atoms with van der Waals surface area (Å²) in [6.45, 7) is 6.56. The molecule has 2 fully saturated rings. The number of anilines is 2. The maximum absolute atomic E-state index is 14.3. The molecule has 16 heteroatoms. The van der Waals surface area contributed by atoms with E-state index in [4.69, 9.17) is 4.74 Å². The SMILES string of the molecule is CCc1c(N2CCN(C(=O)c3ncnc(C)c3O)CC2)c(=O)c2nc(/C=C3/CCOC3)cnc2n1CC(=O)Nc1ccc(C(F)(F)F)cc1C. The van der Waals surface area contributed by atoms with Gasteiger partial charge in [0.05, 0.1) is 36.4 Å². The summed E-state index contributed by atoms with van der Waals surface area (Å²) in [7, 11) is 0. The molecule has 4 aromatic rings. The molecule has 0 spiro atoms. The molecule has 0 bridgehead atoms. The van der Waals surface area contributed by atoms with Crippen LogP contribution >= 0.6 is 0 Å². The van der Waals surface area contributed by atoms with Crippen LogP contribution < -0.4 is 15.6 Å². The third kappa shape index (κ3) is 6.88. The average Bonchev–Trinajstić information content (AvgIpc) is 3.60. The molecule has 0 atom stereocenters. The highest BCUT2D eigenvalue weighted by atomic mass is 19.4. The maximum Gasteiger partial charge on any atom is 0.416 e. The number of aromatic nitrogens is 5. The molecule has 2 amide bonds. The number of benzene rings is 1. The van der Waals surface area contributed by atoms with Crippen molar-refractivity contribution in [3.63, 3.8) is 0 Å². The number of carbonyl (C=O) groups is 2. The minimum Gasteiger partial charge on any atom is -0.504 e. The molecule has 262 valence electrons. The van der Waals surface area contributed by atoms with Crippen LogP contribution in [0.3, 0.4) is 0 Å². The first-order valence-corrected chi connectivity index (χ1v) is 16.1. The molecule has 2 aliphatic rings. The quantitative estimate of drug-likeness (QED) is 0.292. The summed E-state index contributed by atoms with van der Waals surface area (Å²) in [5.41, 5.74) is 1.93. The number of pyridine rings is 1. The Morgan fingerprint density at radius 2 is 1.86 bits per heavy atom. The number of amides is 2. The highest BCUT2D eigenvalue weighted by Gasteiger charge is 2.32. The number of alkyl halides is 3. The Kier molecular flexibility index (Phi) is 9.56. The summed E-state index contributed by atoms with van der Waals surface area (Å²) in [6.07, 6.45) is 1.08. The van der Waals surface area contributed by atoms with Crippen molar-refractivity contribution in [3.8, 4) is 5.75 Å². The van der Waals surface area contributed by atoms with Crippen LogP contribution in [0.1, 0.15) is 52.0 Å². The van der Waals surface area contributed by atoms with Crippen LogP contribution in [0.2, 0.25) is 0 Å². The number of fused-ring (bicyclic) bond motifs is 1. The van der Waals surface area contributed by atoms with Crippen LogP contribution in [-0.4, -0.2) is 85.7 Å². The normalized spacial score (nSPS) is 16.0. The molecule has 2 saturated heterocycles. The zero-order valence-electron chi connectivity index (χ0n) is 27.7. The Balaban J connectivity index is 1.35. The van der Waals surface area contributed by atoms with E-state index in [0.717, 1.165) is 24.1 Å². The van der Waals surface area contributed by atoms with Crippen molar-refractivity contribution in [3.05, 3.63) is 80.4 Å². The number of piperazine rings is 1. The molecular weight excluding hydrogens is 657 g/mol. The monoisotopic (exact) mass is 692 g/mol. The number of ether oxygens (including phenoxy) is 1. The van der Waals surface area contributed by atoms with Gasteiger partial charge in [-0.15, -0.1) is 0 Å². The van der Waals surface area contributed by atoms with Crippen molar-refractivity contribution in [2.75, 3.05) is 49.6 Å². The van der Waals surface area contributed by atoms with E-state index in [1.165, 1.54) is 30.4 Å². The predicted octanol–water partition coefficient (Wildman–Crippen LogP) is 3.89. The molecular formula is C34H35F3N8O5. The molecule has 0 aliphatic carbocycles. The third-order valence-electron chi connectivity index (χ3n) is 8.82. The molecule has 3 aromatic heterocycles. The highest BCUT2D eigenvalue weighted by molar-refractivity contribution is 5.95. The molecule has 5 heterocycles. The number of rotatable bonds is 7. The topological polar surface area (TPSA) is 156 Å². The Hall–Kier alpha value is -5.38. The van der Waals surface area contributed by atoms with E-state index in [-0.39, 0.29) is 77.7 Å². The van der Waals surface area contributed by atoms with Gasteiger partial charge in [0.1, 0.15) is 18.6 Å². The second kappa shape index (κ2) is 13.9. The molecule has 0 unspecified atom stereocenters. The van der Waals surface area contributed by atoms with Gasteiger partial charge in [-0.25, -0.2) is 19.9 Å². The minimum atomic E-state index is -4.53. The van der Waals surface area contributed by atoms with Crippen molar-refractivity contribution >= 4 is 40.4 Å². The zero-order chi connectivity index (χ0) is 35.7. The number of hydrogen-bond acceptors (Lipinski definition) is 10. The first kappa shape index (κ1) is 34.5. The number of aromatic hydroxyl groups is 1. The van der Waals surface area contributed by atoms with Crippen molar-refractivity contribution < 1.29 is 32.6 Å². The van der Waals surface area contributed by atoms with E-state index >= 15 is 0 Å². The summed E-state index contributed by atoms with van der Waals surface area (Å²) < 4.78 is 46.8. The first-order valence-electron chi connectivity index (χ1n) is 16.1. The summed E-state index contributed by atoms with van der Waals surface area (Å²) >= 11 is 0. The average molecular weight is 693 g/mol. The second-order valence-corrected chi connectivity index (χ2v) is 12.1. The predicted molar refractivity (Wildman–Crippen MR) is 178 cm³/mol. The van der Waals surface area contributed by atoms with Gasteiger partial charge in [0.25, 0.3) is 5.91 Å². The van der Waals surface area contributed by atoms with Crippen LogP contribution in [0.25, 0.3) is 17.2 Å². The van der Waals surface area contributed by atoms with Crippen molar-refractivity contribution in [1.29, 1.82) is 0 Å². The lowest BCUT2D eigenvalue weighted by molar-refractivity contribution is -0.137. The van der Waals surface area contributed by atoms with Crippen molar-refractivity contribution in [2.45, 2.75) is 46.3 Å². The largest absolute Gasteiger partial charge is 0.504 e. The molecule has 13 nitrogen and oxygen atoms in total. The summed E-state index contributed by atoms with van der Waals surface area (Å²) in [5, 5.41) is 13.1. The lowest BCUT2D eigenvalue weighted by atomic mass is 10.1. The van der Waals surface area contributed by atoms with Crippen LogP contribution in [0.15, 0.2) is 41.1 Å². The van der Waals surface area contributed by atoms with Crippen LogP contribution in [0, 0.1) is 13.8 Å². The van der Waals surface area contributed by atoms with Gasteiger partial charge in [-0.05, 0) is 62.1 Å². The minimum absolute atomic E-state index is 0.0452. The number of carbonyl (C=O) groups excluding carboxylic acids is 2. The number of aryl methyl sites for hydroxylation is 2. The number of halogens is 3. The Labute approximate surface area is 284 Å². The molecule has 0 saturated carbocycles.